The maximum Gasteiger partial charge on any atom is 0.188 e. The first-order valence-electron chi connectivity index (χ1n) is 6.84. The summed E-state index contributed by atoms with van der Waals surface area (Å²) in [5.41, 5.74) is 6.64. The monoisotopic (exact) mass is 441 g/mol. The number of aliphatic imine (C=N–C) groups is 1. The van der Waals surface area contributed by atoms with Crippen LogP contribution in [0, 0.1) is 0 Å². The van der Waals surface area contributed by atoms with Gasteiger partial charge in [0.25, 0.3) is 0 Å². The number of nitrogens with zero attached hydrogens (tertiary/aromatic N) is 1. The van der Waals surface area contributed by atoms with Gasteiger partial charge in [0.2, 0.25) is 0 Å². The van der Waals surface area contributed by atoms with Gasteiger partial charge in [-0.25, -0.2) is 13.4 Å². The Balaban J connectivity index is 0.00000441. The Kier molecular flexibility index (Phi) is 10.4. The second kappa shape index (κ2) is 10.8. The normalized spacial score (nSPS) is 11.8. The van der Waals surface area contributed by atoms with Crippen molar-refractivity contribution in [3.8, 4) is 0 Å². The molecular formula is C14H24IN3O3S. The molecule has 8 heteroatoms. The first kappa shape index (κ1) is 21.1. The molecule has 0 aliphatic carbocycles. The quantitative estimate of drug-likeness (QED) is 0.276. The van der Waals surface area contributed by atoms with Crippen molar-refractivity contribution in [3.63, 3.8) is 0 Å². The molecule has 6 nitrogen and oxygen atoms in total. The number of halogens is 1. The molecule has 1 aromatic carbocycles. The molecule has 0 aliphatic heterocycles. The zero-order valence-corrected chi connectivity index (χ0v) is 16.1. The molecule has 0 aliphatic rings. The number of hydrogen-bond donors (Lipinski definition) is 2. The highest BCUT2D eigenvalue weighted by Crippen LogP contribution is 2.10. The Morgan fingerprint density at radius 1 is 1.32 bits per heavy atom. The van der Waals surface area contributed by atoms with Gasteiger partial charge in [0.15, 0.2) is 15.8 Å². The minimum Gasteiger partial charge on any atom is -0.382 e. The van der Waals surface area contributed by atoms with E-state index in [-0.39, 0.29) is 24.0 Å². The van der Waals surface area contributed by atoms with Crippen LogP contribution in [0.1, 0.15) is 18.9 Å². The predicted octanol–water partition coefficient (Wildman–Crippen LogP) is 1.54. The summed E-state index contributed by atoms with van der Waals surface area (Å²) in [6.45, 7) is 4.49. The number of rotatable bonds is 8. The number of ether oxygens (including phenoxy) is 1. The topological polar surface area (TPSA) is 93.8 Å². The number of nitrogens with one attached hydrogen (secondary N) is 1. The number of guanidine groups is 1. The molecule has 126 valence electrons. The molecule has 0 spiro atoms. The van der Waals surface area contributed by atoms with Crippen molar-refractivity contribution >= 4 is 39.8 Å². The van der Waals surface area contributed by atoms with Crippen LogP contribution in [-0.4, -0.2) is 40.4 Å². The summed E-state index contributed by atoms with van der Waals surface area (Å²) in [6.07, 6.45) is 2.05. The number of benzene rings is 1. The van der Waals surface area contributed by atoms with Crippen LogP contribution in [0.5, 0.6) is 0 Å². The van der Waals surface area contributed by atoms with E-state index in [9.17, 15) is 8.42 Å². The molecule has 0 saturated carbocycles. The van der Waals surface area contributed by atoms with Crippen LogP contribution in [0.2, 0.25) is 0 Å². The Labute approximate surface area is 149 Å². The minimum absolute atomic E-state index is 0. The Morgan fingerprint density at radius 3 is 2.50 bits per heavy atom. The second-order valence-electron chi connectivity index (χ2n) is 4.59. The SMILES string of the molecule is CCOCCCNC(N)=NCc1ccc(S(C)(=O)=O)cc1.I. The van der Waals surface area contributed by atoms with Crippen LogP contribution in [0.25, 0.3) is 0 Å². The summed E-state index contributed by atoms with van der Waals surface area (Å²) in [7, 11) is -3.16. The fourth-order valence-corrected chi connectivity index (χ4v) is 2.24. The largest absolute Gasteiger partial charge is 0.382 e. The Morgan fingerprint density at radius 2 is 1.95 bits per heavy atom. The summed E-state index contributed by atoms with van der Waals surface area (Å²) in [5, 5.41) is 3.00. The maximum atomic E-state index is 11.3. The molecule has 0 amide bonds. The van der Waals surface area contributed by atoms with Gasteiger partial charge < -0.3 is 15.8 Å². The fraction of sp³-hybridized carbons (Fsp3) is 0.500. The lowest BCUT2D eigenvalue weighted by Crippen LogP contribution is -2.32. The average molecular weight is 441 g/mol. The molecule has 0 radical (unpaired) electrons. The van der Waals surface area contributed by atoms with Crippen LogP contribution in [0.4, 0.5) is 0 Å². The smallest absolute Gasteiger partial charge is 0.188 e. The molecule has 0 saturated heterocycles. The third-order valence-electron chi connectivity index (χ3n) is 2.76. The van der Waals surface area contributed by atoms with Crippen LogP contribution >= 0.6 is 24.0 Å². The summed E-state index contributed by atoms with van der Waals surface area (Å²) in [5.74, 6) is 0.374. The van der Waals surface area contributed by atoms with E-state index in [4.69, 9.17) is 10.5 Å². The van der Waals surface area contributed by atoms with Gasteiger partial charge in [-0.05, 0) is 31.0 Å². The minimum atomic E-state index is -3.16. The summed E-state index contributed by atoms with van der Waals surface area (Å²) in [6, 6.07) is 6.63. The van der Waals surface area contributed by atoms with Gasteiger partial charge in [-0.3, -0.25) is 0 Å². The van der Waals surface area contributed by atoms with E-state index in [0.717, 1.165) is 12.0 Å². The third kappa shape index (κ3) is 8.54. The standard InChI is InChI=1S/C14H23N3O3S.HI/c1-3-20-10-4-9-16-14(15)17-11-12-5-7-13(8-6-12)21(2,18)19;/h5-8H,3-4,9-11H2,1-2H3,(H3,15,16,17);1H. The molecule has 1 rings (SSSR count). The lowest BCUT2D eigenvalue weighted by Gasteiger charge is -2.06. The van der Waals surface area contributed by atoms with E-state index in [2.05, 4.69) is 10.3 Å². The van der Waals surface area contributed by atoms with Crippen LogP contribution in [-0.2, 0) is 21.1 Å². The van der Waals surface area contributed by atoms with Crippen molar-refractivity contribution in [2.45, 2.75) is 24.8 Å². The highest BCUT2D eigenvalue weighted by atomic mass is 127. The number of nitrogens with two attached hydrogens (primary N) is 1. The Hall–Kier alpha value is -0.870. The summed E-state index contributed by atoms with van der Waals surface area (Å²) < 4.78 is 27.9. The van der Waals surface area contributed by atoms with E-state index in [1.807, 2.05) is 6.92 Å². The molecule has 0 heterocycles. The third-order valence-corrected chi connectivity index (χ3v) is 3.89. The van der Waals surface area contributed by atoms with Crippen molar-refractivity contribution in [2.24, 2.45) is 10.7 Å². The van der Waals surface area contributed by atoms with Crippen molar-refractivity contribution in [1.82, 2.24) is 5.32 Å². The molecule has 3 N–H and O–H groups in total. The van der Waals surface area contributed by atoms with Crippen molar-refractivity contribution in [3.05, 3.63) is 29.8 Å². The van der Waals surface area contributed by atoms with E-state index >= 15 is 0 Å². The predicted molar refractivity (Wildman–Crippen MR) is 99.4 cm³/mol. The lowest BCUT2D eigenvalue weighted by molar-refractivity contribution is 0.145. The van der Waals surface area contributed by atoms with Gasteiger partial charge >= 0.3 is 0 Å². The maximum absolute atomic E-state index is 11.3. The zero-order valence-electron chi connectivity index (χ0n) is 12.9. The lowest BCUT2D eigenvalue weighted by atomic mass is 10.2. The highest BCUT2D eigenvalue weighted by Gasteiger charge is 2.05. The molecular weight excluding hydrogens is 417 g/mol. The van der Waals surface area contributed by atoms with Crippen LogP contribution < -0.4 is 11.1 Å². The molecule has 0 bridgehead atoms. The van der Waals surface area contributed by atoms with E-state index in [1.54, 1.807) is 24.3 Å². The van der Waals surface area contributed by atoms with E-state index < -0.39 is 9.84 Å². The fourth-order valence-electron chi connectivity index (χ4n) is 1.61. The molecule has 0 fully saturated rings. The van der Waals surface area contributed by atoms with Gasteiger partial charge in [0.1, 0.15) is 0 Å². The summed E-state index contributed by atoms with van der Waals surface area (Å²) >= 11 is 0. The van der Waals surface area contributed by atoms with E-state index in [0.29, 0.717) is 37.2 Å². The molecule has 1 aromatic rings. The number of sulfone groups is 1. The van der Waals surface area contributed by atoms with Crippen LogP contribution in [0.3, 0.4) is 0 Å². The molecule has 0 atom stereocenters. The number of hydrogen-bond acceptors (Lipinski definition) is 4. The van der Waals surface area contributed by atoms with Crippen molar-refractivity contribution in [1.29, 1.82) is 0 Å². The zero-order chi connectivity index (χ0) is 15.7. The second-order valence-corrected chi connectivity index (χ2v) is 6.61. The van der Waals surface area contributed by atoms with E-state index in [1.165, 1.54) is 6.26 Å². The van der Waals surface area contributed by atoms with Gasteiger partial charge in [0.05, 0.1) is 11.4 Å². The van der Waals surface area contributed by atoms with Gasteiger partial charge in [-0.1, -0.05) is 12.1 Å². The first-order chi connectivity index (χ1) is 9.93. The molecule has 0 unspecified atom stereocenters. The average Bonchev–Trinajstić information content (AvgIpc) is 2.44. The Bertz CT molecular complexity index is 559. The van der Waals surface area contributed by atoms with Gasteiger partial charge in [-0.2, -0.15) is 0 Å². The van der Waals surface area contributed by atoms with Crippen molar-refractivity contribution in [2.75, 3.05) is 26.0 Å². The van der Waals surface area contributed by atoms with Crippen LogP contribution in [0.15, 0.2) is 34.2 Å². The van der Waals surface area contributed by atoms with Gasteiger partial charge in [-0.15, -0.1) is 24.0 Å². The summed E-state index contributed by atoms with van der Waals surface area (Å²) in [4.78, 5) is 4.50. The molecule has 22 heavy (non-hydrogen) atoms. The van der Waals surface area contributed by atoms with Crippen molar-refractivity contribution < 1.29 is 13.2 Å². The first-order valence-corrected chi connectivity index (χ1v) is 8.73. The van der Waals surface area contributed by atoms with Gasteiger partial charge in [0, 0.05) is 26.0 Å². The highest BCUT2D eigenvalue weighted by molar-refractivity contribution is 14.0. The molecule has 0 aromatic heterocycles.